The molecule has 1 aromatic rings. The van der Waals surface area contributed by atoms with E-state index in [1.54, 1.807) is 0 Å². The summed E-state index contributed by atoms with van der Waals surface area (Å²) >= 11 is 0. The van der Waals surface area contributed by atoms with Crippen LogP contribution in [0.15, 0.2) is 30.3 Å². The van der Waals surface area contributed by atoms with E-state index in [1.165, 1.54) is 12.8 Å². The fourth-order valence-electron chi connectivity index (χ4n) is 2.34. The van der Waals surface area contributed by atoms with Gasteiger partial charge in [-0.05, 0) is 31.4 Å². The number of benzene rings is 1. The number of hydrogen-bond donors (Lipinski definition) is 3. The van der Waals surface area contributed by atoms with Crippen molar-refractivity contribution in [1.82, 2.24) is 10.6 Å². The van der Waals surface area contributed by atoms with E-state index in [-0.39, 0.29) is 11.9 Å². The number of rotatable bonds is 6. The van der Waals surface area contributed by atoms with Crippen molar-refractivity contribution in [3.8, 4) is 0 Å². The molecule has 0 aliphatic carbocycles. The van der Waals surface area contributed by atoms with Crippen molar-refractivity contribution < 1.29 is 4.79 Å². The Balaban J connectivity index is 1.85. The van der Waals surface area contributed by atoms with E-state index >= 15 is 0 Å². The maximum Gasteiger partial charge on any atom is 0.234 e. The Hall–Kier alpha value is -1.39. The Morgan fingerprint density at radius 2 is 2.22 bits per heavy atom. The fourth-order valence-corrected chi connectivity index (χ4v) is 2.34. The van der Waals surface area contributed by atoms with E-state index in [0.717, 1.165) is 18.7 Å². The molecule has 1 aliphatic rings. The minimum Gasteiger partial charge on any atom is -0.368 e. The maximum atomic E-state index is 11.4. The van der Waals surface area contributed by atoms with Crippen molar-refractivity contribution in [1.29, 1.82) is 0 Å². The molecule has 98 valence electrons. The third-order valence-corrected chi connectivity index (χ3v) is 3.40. The van der Waals surface area contributed by atoms with Crippen LogP contribution in [0.1, 0.15) is 18.4 Å². The second kappa shape index (κ2) is 6.52. The quantitative estimate of drug-likeness (QED) is 0.682. The van der Waals surface area contributed by atoms with Crippen LogP contribution < -0.4 is 16.4 Å². The molecule has 0 radical (unpaired) electrons. The van der Waals surface area contributed by atoms with Crippen molar-refractivity contribution in [3.63, 3.8) is 0 Å². The lowest BCUT2D eigenvalue weighted by molar-refractivity contribution is -0.120. The number of primary amides is 1. The van der Waals surface area contributed by atoms with Gasteiger partial charge in [-0.25, -0.2) is 0 Å². The van der Waals surface area contributed by atoms with E-state index in [0.29, 0.717) is 12.5 Å². The van der Waals surface area contributed by atoms with Crippen molar-refractivity contribution in [3.05, 3.63) is 35.9 Å². The molecule has 0 spiro atoms. The van der Waals surface area contributed by atoms with Crippen LogP contribution in [0.4, 0.5) is 0 Å². The lowest BCUT2D eigenvalue weighted by atomic mass is 10.1. The molecule has 1 aromatic carbocycles. The van der Waals surface area contributed by atoms with Crippen LogP contribution >= 0.6 is 0 Å². The molecule has 1 amide bonds. The molecule has 1 heterocycles. The fraction of sp³-hybridized carbons (Fsp3) is 0.500. The molecule has 2 atom stereocenters. The third kappa shape index (κ3) is 3.82. The molecular weight excluding hydrogens is 226 g/mol. The molecule has 1 aliphatic heterocycles. The summed E-state index contributed by atoms with van der Waals surface area (Å²) in [5.41, 5.74) is 6.58. The van der Waals surface area contributed by atoms with Gasteiger partial charge in [-0.3, -0.25) is 4.79 Å². The number of hydrogen-bond acceptors (Lipinski definition) is 3. The Kier molecular flexibility index (Phi) is 4.73. The largest absolute Gasteiger partial charge is 0.368 e. The van der Waals surface area contributed by atoms with Gasteiger partial charge in [0.2, 0.25) is 5.91 Å². The highest BCUT2D eigenvalue weighted by atomic mass is 16.1. The van der Waals surface area contributed by atoms with Crippen LogP contribution in [0.5, 0.6) is 0 Å². The van der Waals surface area contributed by atoms with Crippen LogP contribution in [-0.4, -0.2) is 31.1 Å². The molecule has 0 aromatic heterocycles. The zero-order valence-electron chi connectivity index (χ0n) is 10.6. The van der Waals surface area contributed by atoms with Crippen LogP contribution in [0.2, 0.25) is 0 Å². The minimum atomic E-state index is -0.283. The molecule has 4 heteroatoms. The molecule has 0 bridgehead atoms. The molecule has 1 saturated heterocycles. The lowest BCUT2D eigenvalue weighted by Gasteiger charge is -2.18. The number of carbonyl (C=O) groups is 1. The summed E-state index contributed by atoms with van der Waals surface area (Å²) < 4.78 is 0. The van der Waals surface area contributed by atoms with Gasteiger partial charge in [0.25, 0.3) is 0 Å². The highest BCUT2D eigenvalue weighted by Crippen LogP contribution is 2.06. The SMILES string of the molecule is NC(=O)[C@H](Cc1ccccc1)NC[C@H]1CCCN1. The lowest BCUT2D eigenvalue weighted by Crippen LogP contribution is -2.47. The first kappa shape index (κ1) is 13.1. The third-order valence-electron chi connectivity index (χ3n) is 3.40. The number of nitrogens with two attached hydrogens (primary N) is 1. The summed E-state index contributed by atoms with van der Waals surface area (Å²) in [6.45, 7) is 1.88. The maximum absolute atomic E-state index is 11.4. The molecular formula is C14H21N3O. The summed E-state index contributed by atoms with van der Waals surface area (Å²) in [4.78, 5) is 11.4. The molecule has 4 nitrogen and oxygen atoms in total. The molecule has 4 N–H and O–H groups in total. The summed E-state index contributed by atoms with van der Waals surface area (Å²) in [6, 6.07) is 10.2. The van der Waals surface area contributed by atoms with Crippen LogP contribution in [0.25, 0.3) is 0 Å². The van der Waals surface area contributed by atoms with E-state index in [2.05, 4.69) is 10.6 Å². The molecule has 1 fully saturated rings. The van der Waals surface area contributed by atoms with E-state index in [4.69, 9.17) is 5.73 Å². The summed E-state index contributed by atoms with van der Waals surface area (Å²) in [7, 11) is 0. The van der Waals surface area contributed by atoms with Gasteiger partial charge in [-0.15, -0.1) is 0 Å². The van der Waals surface area contributed by atoms with Crippen LogP contribution in [-0.2, 0) is 11.2 Å². The van der Waals surface area contributed by atoms with E-state index in [1.807, 2.05) is 30.3 Å². The molecule has 2 rings (SSSR count). The Morgan fingerprint density at radius 3 is 2.83 bits per heavy atom. The van der Waals surface area contributed by atoms with Gasteiger partial charge < -0.3 is 16.4 Å². The highest BCUT2D eigenvalue weighted by molar-refractivity contribution is 5.80. The Bertz CT molecular complexity index is 374. The standard InChI is InChI=1S/C14H21N3O/c15-14(18)13(9-11-5-2-1-3-6-11)17-10-12-7-4-8-16-12/h1-3,5-6,12-13,16-17H,4,7-10H2,(H2,15,18)/t12-,13+/m1/s1. The second-order valence-electron chi connectivity index (χ2n) is 4.85. The second-order valence-corrected chi connectivity index (χ2v) is 4.85. The highest BCUT2D eigenvalue weighted by Gasteiger charge is 2.19. The average Bonchev–Trinajstić information content (AvgIpc) is 2.88. The first-order valence-electron chi connectivity index (χ1n) is 6.55. The van der Waals surface area contributed by atoms with E-state index in [9.17, 15) is 4.79 Å². The van der Waals surface area contributed by atoms with Gasteiger partial charge in [-0.1, -0.05) is 30.3 Å². The zero-order chi connectivity index (χ0) is 12.8. The number of amides is 1. The monoisotopic (exact) mass is 247 g/mol. The Morgan fingerprint density at radius 1 is 1.44 bits per heavy atom. The van der Waals surface area contributed by atoms with Gasteiger partial charge in [0, 0.05) is 12.6 Å². The summed E-state index contributed by atoms with van der Waals surface area (Å²) in [5.74, 6) is -0.281. The van der Waals surface area contributed by atoms with Crippen molar-refractivity contribution >= 4 is 5.91 Å². The topological polar surface area (TPSA) is 67.2 Å². The normalized spacial score (nSPS) is 20.8. The molecule has 0 saturated carbocycles. The minimum absolute atomic E-state index is 0.281. The van der Waals surface area contributed by atoms with Gasteiger partial charge in [0.05, 0.1) is 6.04 Å². The predicted molar refractivity (Wildman–Crippen MR) is 72.2 cm³/mol. The molecule has 0 unspecified atom stereocenters. The number of nitrogens with one attached hydrogen (secondary N) is 2. The van der Waals surface area contributed by atoms with Crippen molar-refractivity contribution in [2.75, 3.05) is 13.1 Å². The average molecular weight is 247 g/mol. The van der Waals surface area contributed by atoms with Gasteiger partial charge in [0.15, 0.2) is 0 Å². The predicted octanol–water partition coefficient (Wildman–Crippen LogP) is 0.425. The van der Waals surface area contributed by atoms with Crippen LogP contribution in [0, 0.1) is 0 Å². The Labute approximate surface area is 108 Å². The van der Waals surface area contributed by atoms with E-state index < -0.39 is 0 Å². The summed E-state index contributed by atoms with van der Waals surface area (Å²) in [6.07, 6.45) is 3.04. The van der Waals surface area contributed by atoms with Crippen molar-refractivity contribution in [2.24, 2.45) is 5.73 Å². The smallest absolute Gasteiger partial charge is 0.234 e. The first-order valence-corrected chi connectivity index (χ1v) is 6.55. The van der Waals surface area contributed by atoms with Gasteiger partial charge in [0.1, 0.15) is 0 Å². The molecule has 18 heavy (non-hydrogen) atoms. The first-order chi connectivity index (χ1) is 8.75. The van der Waals surface area contributed by atoms with Gasteiger partial charge >= 0.3 is 0 Å². The number of carbonyl (C=O) groups excluding carboxylic acids is 1. The van der Waals surface area contributed by atoms with Crippen LogP contribution in [0.3, 0.4) is 0 Å². The van der Waals surface area contributed by atoms with Crippen molar-refractivity contribution in [2.45, 2.75) is 31.3 Å². The zero-order valence-corrected chi connectivity index (χ0v) is 10.6. The summed E-state index contributed by atoms with van der Waals surface area (Å²) in [5, 5.41) is 6.67. The van der Waals surface area contributed by atoms with Gasteiger partial charge in [-0.2, -0.15) is 0 Å².